The number of nitrogens with two attached hydrogens (primary N) is 1. The highest BCUT2D eigenvalue weighted by molar-refractivity contribution is 5.99. The minimum Gasteiger partial charge on any atom is -0.489 e. The van der Waals surface area contributed by atoms with Gasteiger partial charge in [0, 0.05) is 29.7 Å². The van der Waals surface area contributed by atoms with Gasteiger partial charge in [-0.3, -0.25) is 10.2 Å². The summed E-state index contributed by atoms with van der Waals surface area (Å²) < 4.78 is 7.54. The molecule has 3 atom stereocenters. The summed E-state index contributed by atoms with van der Waals surface area (Å²) in [5, 5.41) is 31.4. The Bertz CT molecular complexity index is 1240. The number of hydrogen-bond acceptors (Lipinski definition) is 5. The average Bonchev–Trinajstić information content (AvgIpc) is 3.44. The maximum atomic E-state index is 12.2. The lowest BCUT2D eigenvalue weighted by atomic mass is 9.94. The molecular formula is C25H30Cl2N4O5. The van der Waals surface area contributed by atoms with E-state index in [2.05, 4.69) is 5.32 Å². The van der Waals surface area contributed by atoms with E-state index in [4.69, 9.17) is 15.9 Å². The molecule has 4 rings (SSSR count). The molecule has 36 heavy (non-hydrogen) atoms. The van der Waals surface area contributed by atoms with Gasteiger partial charge in [0.25, 0.3) is 0 Å². The number of halogens is 2. The van der Waals surface area contributed by atoms with Crippen LogP contribution in [-0.2, 0) is 16.0 Å². The molecule has 1 aliphatic heterocycles. The van der Waals surface area contributed by atoms with Crippen LogP contribution < -0.4 is 15.8 Å². The van der Waals surface area contributed by atoms with Gasteiger partial charge in [-0.2, -0.15) is 0 Å². The molecule has 0 bridgehead atoms. The van der Waals surface area contributed by atoms with E-state index < -0.39 is 23.9 Å². The van der Waals surface area contributed by atoms with Crippen molar-refractivity contribution in [1.29, 1.82) is 5.41 Å². The molecule has 1 saturated heterocycles. The lowest BCUT2D eigenvalue weighted by Crippen LogP contribution is -2.21. The van der Waals surface area contributed by atoms with Crippen molar-refractivity contribution in [3.05, 3.63) is 65.4 Å². The standard InChI is InChI=1S/C25H28N4O5.2ClH/c1-14(24(30)31)29-18(10-16-2-3-17(23(26)27)11-22(16)29)12-21(25(32)33)15-4-6-19(7-5-15)34-20-8-9-28-13-20;;/h2-7,10-11,14,20-21,28H,8-9,12-13H2,1H3,(H3,26,27)(H,30,31)(H,32,33);2*1H/t14?,20-,21?;;/m0../s1. The Balaban J connectivity index is 0.00000228. The fourth-order valence-corrected chi connectivity index (χ4v) is 4.43. The molecule has 0 saturated carbocycles. The van der Waals surface area contributed by atoms with Gasteiger partial charge >= 0.3 is 11.9 Å². The number of nitrogens with zero attached hydrogens (tertiary/aromatic N) is 1. The Morgan fingerprint density at radius 2 is 1.83 bits per heavy atom. The molecule has 1 fully saturated rings. The number of nitrogen functional groups attached to an aromatic ring is 1. The first-order valence-electron chi connectivity index (χ1n) is 11.2. The van der Waals surface area contributed by atoms with Gasteiger partial charge in [0.15, 0.2) is 0 Å². The zero-order valence-electron chi connectivity index (χ0n) is 19.6. The summed E-state index contributed by atoms with van der Waals surface area (Å²) in [7, 11) is 0. The summed E-state index contributed by atoms with van der Waals surface area (Å²) in [4.78, 5) is 24.1. The molecule has 194 valence electrons. The minimum atomic E-state index is -1.04. The third kappa shape index (κ3) is 6.10. The molecule has 2 aromatic carbocycles. The number of amidine groups is 1. The van der Waals surface area contributed by atoms with Gasteiger partial charge in [-0.1, -0.05) is 24.3 Å². The second-order valence-corrected chi connectivity index (χ2v) is 8.60. The Morgan fingerprint density at radius 1 is 1.14 bits per heavy atom. The van der Waals surface area contributed by atoms with Gasteiger partial charge in [0.1, 0.15) is 23.7 Å². The molecule has 9 nitrogen and oxygen atoms in total. The summed E-state index contributed by atoms with van der Waals surface area (Å²) in [6.07, 6.45) is 1.13. The van der Waals surface area contributed by atoms with Gasteiger partial charge in [-0.25, -0.2) is 4.79 Å². The molecule has 11 heteroatoms. The van der Waals surface area contributed by atoms with Crippen LogP contribution in [0.25, 0.3) is 10.9 Å². The van der Waals surface area contributed by atoms with E-state index in [1.807, 2.05) is 0 Å². The van der Waals surface area contributed by atoms with Crippen molar-refractivity contribution in [3.63, 3.8) is 0 Å². The molecule has 1 aliphatic rings. The highest BCUT2D eigenvalue weighted by Crippen LogP contribution is 2.31. The quantitative estimate of drug-likeness (QED) is 0.207. The van der Waals surface area contributed by atoms with E-state index >= 15 is 0 Å². The van der Waals surface area contributed by atoms with Gasteiger partial charge in [0.2, 0.25) is 0 Å². The zero-order valence-corrected chi connectivity index (χ0v) is 21.3. The number of aromatic nitrogens is 1. The number of carbonyl (C=O) groups is 2. The summed E-state index contributed by atoms with van der Waals surface area (Å²) in [6.45, 7) is 3.25. The van der Waals surface area contributed by atoms with Crippen LogP contribution in [-0.4, -0.2) is 51.7 Å². The van der Waals surface area contributed by atoms with E-state index in [9.17, 15) is 19.8 Å². The van der Waals surface area contributed by atoms with E-state index in [1.165, 1.54) is 0 Å². The normalized spacial score (nSPS) is 16.4. The third-order valence-electron chi connectivity index (χ3n) is 6.29. The van der Waals surface area contributed by atoms with E-state index in [-0.39, 0.29) is 43.2 Å². The lowest BCUT2D eigenvalue weighted by Gasteiger charge is -2.19. The van der Waals surface area contributed by atoms with Gasteiger partial charge in [-0.05, 0) is 55.1 Å². The van der Waals surface area contributed by atoms with E-state index in [0.29, 0.717) is 28.1 Å². The van der Waals surface area contributed by atoms with Gasteiger partial charge in [-0.15, -0.1) is 24.8 Å². The second-order valence-electron chi connectivity index (χ2n) is 8.60. The van der Waals surface area contributed by atoms with Crippen molar-refractivity contribution in [1.82, 2.24) is 9.88 Å². The van der Waals surface area contributed by atoms with Gasteiger partial charge in [0.05, 0.1) is 5.92 Å². The molecule has 6 N–H and O–H groups in total. The third-order valence-corrected chi connectivity index (χ3v) is 6.29. The number of aliphatic carboxylic acids is 2. The largest absolute Gasteiger partial charge is 0.489 e. The van der Waals surface area contributed by atoms with E-state index in [0.717, 1.165) is 24.9 Å². The van der Waals surface area contributed by atoms with Crippen LogP contribution in [0.2, 0.25) is 0 Å². The number of carboxylic acid groups (broad SMARTS) is 2. The maximum absolute atomic E-state index is 12.2. The molecule has 2 unspecified atom stereocenters. The molecule has 0 radical (unpaired) electrons. The number of hydrogen-bond donors (Lipinski definition) is 5. The zero-order chi connectivity index (χ0) is 24.4. The van der Waals surface area contributed by atoms with E-state index in [1.54, 1.807) is 60.0 Å². The first kappa shape index (κ1) is 29.0. The molecule has 2 heterocycles. The Kier molecular flexibility index (Phi) is 9.75. The second kappa shape index (κ2) is 12.1. The summed E-state index contributed by atoms with van der Waals surface area (Å²) in [5.41, 5.74) is 7.87. The summed E-state index contributed by atoms with van der Waals surface area (Å²) >= 11 is 0. The van der Waals surface area contributed by atoms with Crippen LogP contribution >= 0.6 is 24.8 Å². The van der Waals surface area contributed by atoms with Crippen LogP contribution in [0.15, 0.2) is 48.5 Å². The number of fused-ring (bicyclic) bond motifs is 1. The lowest BCUT2D eigenvalue weighted by molar-refractivity contribution is -0.140. The Hall–Kier alpha value is -3.27. The molecule has 0 amide bonds. The molecule has 1 aromatic heterocycles. The SMILES string of the molecule is CC(C(=O)O)n1c(CC(C(=O)O)c2ccc(O[C@H]3CCNC3)cc2)cc2ccc(C(=N)N)cc21.Cl.Cl. The molecular weight excluding hydrogens is 507 g/mol. The number of ether oxygens (including phenoxy) is 1. The van der Waals surface area contributed by atoms with Crippen molar-refractivity contribution in [2.75, 3.05) is 13.1 Å². The molecule has 0 spiro atoms. The highest BCUT2D eigenvalue weighted by Gasteiger charge is 2.26. The number of benzene rings is 2. The smallest absolute Gasteiger partial charge is 0.326 e. The van der Waals surface area contributed by atoms with Crippen LogP contribution in [0.3, 0.4) is 0 Å². The summed E-state index contributed by atoms with van der Waals surface area (Å²) in [6, 6.07) is 13.0. The van der Waals surface area contributed by atoms with Crippen molar-refractivity contribution in [2.45, 2.75) is 37.8 Å². The number of nitrogens with one attached hydrogen (secondary N) is 2. The van der Waals surface area contributed by atoms with Crippen molar-refractivity contribution >= 4 is 53.5 Å². The summed E-state index contributed by atoms with van der Waals surface area (Å²) in [5.74, 6) is -2.36. The van der Waals surface area contributed by atoms with Crippen molar-refractivity contribution in [2.24, 2.45) is 5.73 Å². The topological polar surface area (TPSA) is 151 Å². The Labute approximate surface area is 221 Å². The minimum absolute atomic E-state index is 0. The Morgan fingerprint density at radius 3 is 2.39 bits per heavy atom. The maximum Gasteiger partial charge on any atom is 0.326 e. The first-order chi connectivity index (χ1) is 16.2. The monoisotopic (exact) mass is 536 g/mol. The van der Waals surface area contributed by atoms with Crippen LogP contribution in [0.4, 0.5) is 0 Å². The van der Waals surface area contributed by atoms with Crippen LogP contribution in [0.1, 0.15) is 42.1 Å². The number of rotatable bonds is 9. The van der Waals surface area contributed by atoms with Crippen molar-refractivity contribution < 1.29 is 24.5 Å². The van der Waals surface area contributed by atoms with Gasteiger partial charge < -0.3 is 30.6 Å². The van der Waals surface area contributed by atoms with Crippen molar-refractivity contribution in [3.8, 4) is 5.75 Å². The fourth-order valence-electron chi connectivity index (χ4n) is 4.43. The fraction of sp³-hybridized carbons (Fsp3) is 0.320. The average molecular weight is 537 g/mol. The highest BCUT2D eigenvalue weighted by atomic mass is 35.5. The molecule has 0 aliphatic carbocycles. The predicted octanol–water partition coefficient (Wildman–Crippen LogP) is 3.57. The predicted molar refractivity (Wildman–Crippen MR) is 142 cm³/mol. The van der Waals surface area contributed by atoms with Crippen LogP contribution in [0.5, 0.6) is 5.75 Å². The first-order valence-corrected chi connectivity index (χ1v) is 11.2. The molecule has 3 aromatic rings. The number of carboxylic acids is 2. The van der Waals surface area contributed by atoms with Crippen LogP contribution in [0, 0.1) is 5.41 Å².